The van der Waals surface area contributed by atoms with Crippen molar-refractivity contribution < 1.29 is 80.4 Å². The summed E-state index contributed by atoms with van der Waals surface area (Å²) in [5.74, 6) is 0. The first-order chi connectivity index (χ1) is 62.8. The Morgan fingerprint density at radius 1 is 0.183 bits per heavy atom. The van der Waals surface area contributed by atoms with Crippen LogP contribution in [0, 0.1) is 69.3 Å². The Balaban J connectivity index is 0.000000156. The van der Waals surface area contributed by atoms with Crippen molar-refractivity contribution in [2.24, 2.45) is 0 Å². The van der Waals surface area contributed by atoms with Crippen LogP contribution in [0.25, 0.3) is 145 Å². The van der Waals surface area contributed by atoms with Gasteiger partial charge >= 0.3 is 0 Å². The molecule has 0 aliphatic rings. The van der Waals surface area contributed by atoms with Crippen molar-refractivity contribution >= 4 is 10.8 Å². The second-order valence-electron chi connectivity index (χ2n) is 28.8. The number of rotatable bonds is 12. The van der Waals surface area contributed by atoms with Gasteiger partial charge in [-0.3, -0.25) is 0 Å². The number of aryl methyl sites for hydroxylation is 3. The van der Waals surface area contributed by atoms with E-state index in [2.05, 4.69) is 206 Å². The second-order valence-corrected chi connectivity index (χ2v) is 28.8. The fourth-order valence-electron chi connectivity index (χ4n) is 13.4. The van der Waals surface area contributed by atoms with E-state index in [9.17, 15) is 0 Å². The molecule has 8 nitrogen and oxygen atoms in total. The predicted molar refractivity (Wildman–Crippen MR) is 522 cm³/mol. The van der Waals surface area contributed by atoms with Gasteiger partial charge in [-0.05, 0) is 152 Å². The van der Waals surface area contributed by atoms with Gasteiger partial charge in [-0.1, -0.05) is 212 Å². The van der Waals surface area contributed by atoms with Gasteiger partial charge in [0.05, 0.1) is 0 Å². The maximum atomic E-state index is 4.58. The average Bonchev–Trinajstić information content (AvgIpc) is 0.830. The quantitative estimate of drug-likeness (QED) is 0.111. The van der Waals surface area contributed by atoms with Gasteiger partial charge < -0.3 is 39.9 Å². The second kappa shape index (κ2) is 54.3. The molecular weight excluding hydrogens is 2310 g/mol. The fraction of sp³-hybridized carbons (Fsp3) is 0.0252. The topological polar surface area (TPSA) is 103 Å². The molecule has 648 valence electrons. The van der Waals surface area contributed by atoms with Crippen LogP contribution in [0.2, 0.25) is 0 Å². The molecule has 0 aliphatic carbocycles. The van der Waals surface area contributed by atoms with Crippen molar-refractivity contribution in [3.63, 3.8) is 0 Å². The Kier molecular flexibility index (Phi) is 41.1. The molecule has 0 amide bonds. The first kappa shape index (κ1) is 99.1. The van der Waals surface area contributed by atoms with Crippen molar-refractivity contribution in [3.05, 3.63) is 546 Å². The van der Waals surface area contributed by atoms with Crippen molar-refractivity contribution in [1.82, 2.24) is 39.9 Å². The maximum Gasteiger partial charge on any atom is 0.0242 e. The van der Waals surface area contributed by atoms with E-state index in [4.69, 9.17) is 0 Å². The summed E-state index contributed by atoms with van der Waals surface area (Å²) < 4.78 is 0. The number of hydrogen-bond donors (Lipinski definition) is 0. The minimum absolute atomic E-state index is 0. The summed E-state index contributed by atoms with van der Waals surface area (Å²) in [6.45, 7) is 6.35. The zero-order valence-corrected chi connectivity index (χ0v) is 81.6. The SMILES string of the molecule is Cc1cc(-c2[c-]cccc2)ncc1-c1ccccc1.Cc1ccc(-c2cnc(-c3[c-]cccc3)cc2C)cc1.[Ir].[Ir].[Ir].[Ir].[c-]1ccccc1-c1cc(-c2ccccc2)ccn1.[c-]1ccccc1-c1ccc(-c2ccccc2)cn1.[c-]1ccccc1-c1ccccn1.[c-]1ccccc1-c1ccccn1.[c-]1ccccc1-c1ccccn1.[c-]1ccccc1-c1nccc2ccccc12. The van der Waals surface area contributed by atoms with Gasteiger partial charge in [-0.2, -0.15) is 0 Å². The van der Waals surface area contributed by atoms with Crippen LogP contribution in [0.15, 0.2) is 480 Å². The smallest absolute Gasteiger partial charge is 0.0242 e. The van der Waals surface area contributed by atoms with Crippen molar-refractivity contribution in [3.8, 4) is 135 Å². The van der Waals surface area contributed by atoms with Crippen molar-refractivity contribution in [2.45, 2.75) is 20.8 Å². The normalized spacial score (nSPS) is 9.85. The third-order valence-electron chi connectivity index (χ3n) is 19.9. The molecule has 21 aromatic rings. The van der Waals surface area contributed by atoms with E-state index in [0.717, 1.165) is 95.6 Å². The summed E-state index contributed by atoms with van der Waals surface area (Å²) in [6.07, 6.45) is 14.9. The number of aromatic nitrogens is 8. The summed E-state index contributed by atoms with van der Waals surface area (Å²) in [4.78, 5) is 35.1. The molecular formula is C119H88Ir4N8-8. The largest absolute Gasteiger partial charge is 0.305 e. The summed E-state index contributed by atoms with van der Waals surface area (Å²) in [6, 6.07) is 168. The first-order valence-corrected chi connectivity index (χ1v) is 41.7. The van der Waals surface area contributed by atoms with Crippen LogP contribution in [0.3, 0.4) is 0 Å². The molecule has 0 aliphatic heterocycles. The number of fused-ring (bicyclic) bond motifs is 1. The van der Waals surface area contributed by atoms with E-state index in [-0.39, 0.29) is 80.4 Å². The maximum absolute atomic E-state index is 4.58. The van der Waals surface area contributed by atoms with Gasteiger partial charge in [0.25, 0.3) is 0 Å². The molecule has 131 heavy (non-hydrogen) atoms. The van der Waals surface area contributed by atoms with E-state index >= 15 is 0 Å². The molecule has 0 saturated carbocycles. The van der Waals surface area contributed by atoms with Crippen molar-refractivity contribution in [1.29, 1.82) is 0 Å². The Morgan fingerprint density at radius 2 is 0.481 bits per heavy atom. The molecule has 0 unspecified atom stereocenters. The Labute approximate surface area is 824 Å². The third kappa shape index (κ3) is 30.3. The number of hydrogen-bond acceptors (Lipinski definition) is 8. The van der Waals surface area contributed by atoms with E-state index in [1.54, 1.807) is 18.6 Å². The number of benzene rings is 13. The molecule has 12 heteroatoms. The molecule has 0 N–H and O–H groups in total. The summed E-state index contributed by atoms with van der Waals surface area (Å²) >= 11 is 0. The van der Waals surface area contributed by atoms with Gasteiger partial charge in [-0.25, -0.2) is 0 Å². The summed E-state index contributed by atoms with van der Waals surface area (Å²) in [5.41, 5.74) is 29.3. The van der Waals surface area contributed by atoms with E-state index in [0.29, 0.717) is 0 Å². The molecule has 8 aromatic heterocycles. The van der Waals surface area contributed by atoms with E-state index in [1.165, 1.54) is 66.4 Å². The van der Waals surface area contributed by atoms with E-state index in [1.807, 2.05) is 365 Å². The minimum Gasteiger partial charge on any atom is -0.305 e. The zero-order valence-electron chi connectivity index (χ0n) is 72.0. The monoisotopic (exact) mass is 2400 g/mol. The Bertz CT molecular complexity index is 6340. The molecule has 8 heterocycles. The van der Waals surface area contributed by atoms with Gasteiger partial charge in [0, 0.05) is 141 Å². The molecule has 13 aromatic carbocycles. The summed E-state index contributed by atoms with van der Waals surface area (Å²) in [7, 11) is 0. The average molecular weight is 2400 g/mol. The molecule has 0 saturated heterocycles. The summed E-state index contributed by atoms with van der Waals surface area (Å²) in [5, 5.41) is 2.39. The van der Waals surface area contributed by atoms with Gasteiger partial charge in [0.2, 0.25) is 0 Å². The van der Waals surface area contributed by atoms with Crippen LogP contribution < -0.4 is 0 Å². The molecule has 21 rings (SSSR count). The van der Waals surface area contributed by atoms with Crippen LogP contribution in [0.1, 0.15) is 16.7 Å². The van der Waals surface area contributed by atoms with E-state index < -0.39 is 0 Å². The Hall–Kier alpha value is -14.1. The minimum atomic E-state index is 0. The van der Waals surface area contributed by atoms with Gasteiger partial charge in [0.1, 0.15) is 0 Å². The van der Waals surface area contributed by atoms with Crippen LogP contribution in [-0.2, 0) is 80.4 Å². The number of nitrogens with zero attached hydrogens (tertiary/aromatic N) is 8. The zero-order chi connectivity index (χ0) is 86.9. The van der Waals surface area contributed by atoms with Crippen LogP contribution in [0.5, 0.6) is 0 Å². The first-order valence-electron chi connectivity index (χ1n) is 41.7. The van der Waals surface area contributed by atoms with Crippen molar-refractivity contribution in [2.75, 3.05) is 0 Å². The molecule has 4 radical (unpaired) electrons. The Morgan fingerprint density at radius 3 is 0.840 bits per heavy atom. The molecule has 0 bridgehead atoms. The van der Waals surface area contributed by atoms with Gasteiger partial charge in [0.15, 0.2) is 0 Å². The number of pyridine rings is 8. The third-order valence-corrected chi connectivity index (χ3v) is 19.9. The fourth-order valence-corrected chi connectivity index (χ4v) is 13.4. The molecule has 0 fully saturated rings. The molecule has 0 spiro atoms. The predicted octanol–water partition coefficient (Wildman–Crippen LogP) is 29.1. The standard InChI is InChI=1S/C19H16N.C18H14N.2C17H12N.C15H10N.3C11H8N.4Ir/c1-14-8-10-16(11-9-14)18-13-20-19(12-15(18)2)17-6-4-3-5-7-17;1-14-12-18(16-10-6-3-7-11-16)19-13-17(14)15-8-4-2-5-9-15;1-3-7-14(8-4-1)16-11-12-18-17(13-16)15-9-5-2-6-10-15;1-3-7-14(8-4-1)16-11-12-17(18-13-16)15-9-5-2-6-10-15;1-2-7-13(8-3-1)15-14-9-5-4-6-12(14)10-11-16-15;3*1-2-6-10(7-3-1)11-8-4-5-9-12-11;;;;/h3-6,8-13H,1-2H3;2-10,12-13H,1H3;2*1-9,11-13H;1-7,9-11H;3*1-6,8-9H;;;;/q8*-1;;;;. The van der Waals surface area contributed by atoms with Gasteiger partial charge in [-0.15, -0.1) is 287 Å². The van der Waals surface area contributed by atoms with Crippen LogP contribution >= 0.6 is 0 Å². The van der Waals surface area contributed by atoms with Crippen LogP contribution in [-0.4, -0.2) is 39.9 Å². The molecule has 0 atom stereocenters. The van der Waals surface area contributed by atoms with Crippen LogP contribution in [0.4, 0.5) is 0 Å².